The third-order valence-corrected chi connectivity index (χ3v) is 14.0. The van der Waals surface area contributed by atoms with Gasteiger partial charge in [0, 0.05) is 17.1 Å². The molecule has 0 bridgehead atoms. The summed E-state index contributed by atoms with van der Waals surface area (Å²) in [5, 5.41) is 41.6. The molecule has 2 aromatic heterocycles. The van der Waals surface area contributed by atoms with Crippen LogP contribution >= 0.6 is 23.2 Å². The highest BCUT2D eigenvalue weighted by Crippen LogP contribution is 2.49. The van der Waals surface area contributed by atoms with Gasteiger partial charge in [-0.2, -0.15) is 72.0 Å². The number of aryl methyl sites for hydroxylation is 1. The van der Waals surface area contributed by atoms with E-state index in [9.17, 15) is 75.1 Å². The standard InChI is InChI=1S/C35H26Cl2N14O17S5/c1-13-8-17(69(54,55)56)4-5-18(13)41-34-43-30(36)42-32(46-34)39-15-2-6-22(71(60,61)62)20(11-15)49-51-28-24(73(66,67)68)10-14-9-23(72(63,64)65)27(26(38)25(14)29(28)52)50-48-19-12-16(3-7-21(19)70(57,58)59)40-33-44-31(37)45-35(53)47-33/h2-12,52H,38H2,1H3,(H,54,55,56)(H,57,58,59)(H,60,61,62)(H,63,64,65)(H,66,67,68)(H2,39,41,42,43,46)(H2,40,44,45,47,53). The van der Waals surface area contributed by atoms with Crippen molar-refractivity contribution in [2.45, 2.75) is 31.4 Å². The maximum atomic E-state index is 12.8. The molecule has 0 amide bonds. The van der Waals surface area contributed by atoms with Crippen molar-refractivity contribution in [2.75, 3.05) is 21.7 Å². The highest BCUT2D eigenvalue weighted by Gasteiger charge is 2.29. The monoisotopic (exact) mass is 1140 g/mol. The van der Waals surface area contributed by atoms with Crippen LogP contribution in [0.3, 0.4) is 0 Å². The summed E-state index contributed by atoms with van der Waals surface area (Å²) in [6.45, 7) is 1.49. The molecule has 2 heterocycles. The maximum absolute atomic E-state index is 12.8. The molecule has 73 heavy (non-hydrogen) atoms. The first kappa shape index (κ1) is 53.3. The van der Waals surface area contributed by atoms with Gasteiger partial charge in [0.15, 0.2) is 5.75 Å². The predicted molar refractivity (Wildman–Crippen MR) is 253 cm³/mol. The molecule has 0 saturated heterocycles. The van der Waals surface area contributed by atoms with E-state index in [-0.39, 0.29) is 29.0 Å². The lowest BCUT2D eigenvalue weighted by molar-refractivity contribution is 0.429. The minimum Gasteiger partial charge on any atom is -0.505 e. The summed E-state index contributed by atoms with van der Waals surface area (Å²) in [6, 6.07) is 9.05. The molecular weight excluding hydrogens is 1120 g/mol. The zero-order valence-electron chi connectivity index (χ0n) is 35.4. The van der Waals surface area contributed by atoms with Gasteiger partial charge >= 0.3 is 6.01 Å². The van der Waals surface area contributed by atoms with Crippen LogP contribution < -0.4 is 21.7 Å². The SMILES string of the molecule is Cc1cc(S(=O)(=O)O)ccc1Nc1nc(Cl)nc(Nc2ccc(S(=O)(=O)O)c(N=Nc3c(S(=O)(=O)O)cc4cc(S(=O)(=O)O)c(N=Nc5cc(Nc6nc(O)nc(Cl)n6)ccc5S(=O)(=O)O)c(N)c4c3O)c2)n1. The van der Waals surface area contributed by atoms with Crippen molar-refractivity contribution in [3.05, 3.63) is 82.9 Å². The number of aromatic hydroxyl groups is 2. The molecule has 382 valence electrons. The van der Waals surface area contributed by atoms with Gasteiger partial charge in [0.1, 0.15) is 42.3 Å². The molecule has 5 aromatic carbocycles. The molecule has 7 aromatic rings. The number of fused-ring (bicyclic) bond motifs is 1. The van der Waals surface area contributed by atoms with Crippen LogP contribution in [-0.4, -0.2) is 105 Å². The first-order chi connectivity index (χ1) is 33.8. The summed E-state index contributed by atoms with van der Waals surface area (Å²) in [5.41, 5.74) is 1.70. The molecule has 0 aliphatic rings. The number of hydrogen-bond acceptors (Lipinski definition) is 26. The van der Waals surface area contributed by atoms with E-state index >= 15 is 0 Å². The molecule has 0 atom stereocenters. The van der Waals surface area contributed by atoms with Crippen LogP contribution in [0.15, 0.2) is 112 Å². The second-order valence-electron chi connectivity index (χ2n) is 14.3. The van der Waals surface area contributed by atoms with Crippen LogP contribution in [0.1, 0.15) is 5.56 Å². The van der Waals surface area contributed by atoms with Crippen molar-refractivity contribution in [3.63, 3.8) is 0 Å². The number of nitrogens with one attached hydrogen (secondary N) is 3. The average Bonchev–Trinajstić information content (AvgIpc) is 3.24. The van der Waals surface area contributed by atoms with Crippen LogP contribution in [0, 0.1) is 6.92 Å². The Morgan fingerprint density at radius 2 is 0.959 bits per heavy atom. The Morgan fingerprint density at radius 1 is 0.507 bits per heavy atom. The number of nitrogens with two attached hydrogens (primary N) is 1. The lowest BCUT2D eigenvalue weighted by atomic mass is 10.1. The summed E-state index contributed by atoms with van der Waals surface area (Å²) in [6.07, 6.45) is 0. The van der Waals surface area contributed by atoms with E-state index < -0.39 is 143 Å². The highest BCUT2D eigenvalue weighted by molar-refractivity contribution is 7.87. The zero-order chi connectivity index (χ0) is 53.7. The lowest BCUT2D eigenvalue weighted by Crippen LogP contribution is -2.06. The second-order valence-corrected chi connectivity index (χ2v) is 21.9. The van der Waals surface area contributed by atoms with Crippen LogP contribution in [-0.2, 0) is 50.6 Å². The molecule has 0 aliphatic carbocycles. The van der Waals surface area contributed by atoms with E-state index in [0.29, 0.717) is 17.7 Å². The largest absolute Gasteiger partial charge is 0.505 e. The van der Waals surface area contributed by atoms with Crippen molar-refractivity contribution >= 4 is 148 Å². The Bertz CT molecular complexity index is 4120. The molecule has 0 aliphatic heterocycles. The molecule has 31 nitrogen and oxygen atoms in total. The summed E-state index contributed by atoms with van der Waals surface area (Å²) in [5.74, 6) is -2.31. The average molecular weight is 1150 g/mol. The van der Waals surface area contributed by atoms with Gasteiger partial charge in [-0.1, -0.05) is 0 Å². The molecule has 38 heteroatoms. The Morgan fingerprint density at radius 3 is 1.42 bits per heavy atom. The fourth-order valence-corrected chi connectivity index (χ4v) is 9.69. The summed E-state index contributed by atoms with van der Waals surface area (Å²) in [7, 11) is -25.9. The van der Waals surface area contributed by atoms with E-state index in [1.54, 1.807) is 0 Å². The van der Waals surface area contributed by atoms with Crippen LogP contribution in [0.2, 0.25) is 10.6 Å². The Balaban J connectivity index is 1.33. The third kappa shape index (κ3) is 12.2. The van der Waals surface area contributed by atoms with E-state index in [2.05, 4.69) is 66.3 Å². The number of nitrogens with zero attached hydrogens (tertiary/aromatic N) is 10. The fourth-order valence-electron chi connectivity index (χ4n) is 6.27. The summed E-state index contributed by atoms with van der Waals surface area (Å²) >= 11 is 11.8. The van der Waals surface area contributed by atoms with Crippen LogP contribution in [0.5, 0.6) is 11.8 Å². The van der Waals surface area contributed by atoms with Gasteiger partial charge in [-0.15, -0.1) is 20.5 Å². The Kier molecular flexibility index (Phi) is 14.2. The molecule has 0 unspecified atom stereocenters. The number of phenols is 1. The van der Waals surface area contributed by atoms with Gasteiger partial charge in [-0.3, -0.25) is 22.8 Å². The first-order valence-electron chi connectivity index (χ1n) is 18.8. The molecule has 0 saturated carbocycles. The van der Waals surface area contributed by atoms with E-state index in [4.69, 9.17) is 28.9 Å². The van der Waals surface area contributed by atoms with Crippen molar-refractivity contribution in [1.29, 1.82) is 0 Å². The van der Waals surface area contributed by atoms with E-state index in [0.717, 1.165) is 48.5 Å². The van der Waals surface area contributed by atoms with Crippen LogP contribution in [0.25, 0.3) is 10.8 Å². The quantitative estimate of drug-likeness (QED) is 0.0313. The van der Waals surface area contributed by atoms with E-state index in [1.807, 2.05) is 0 Å². The van der Waals surface area contributed by atoms with Gasteiger partial charge in [0.2, 0.25) is 28.4 Å². The number of nitrogen functional groups attached to an aromatic ring is 1. The molecular formula is C35H26Cl2N14O17S5. The number of phenolic OH excluding ortho intramolecular Hbond substituents is 1. The number of azo groups is 2. The molecule has 0 radical (unpaired) electrons. The lowest BCUT2D eigenvalue weighted by Gasteiger charge is -2.14. The highest BCUT2D eigenvalue weighted by atomic mass is 35.5. The van der Waals surface area contributed by atoms with Gasteiger partial charge in [0.05, 0.1) is 16.0 Å². The number of hydrogen-bond donors (Lipinski definition) is 11. The predicted octanol–water partition coefficient (Wildman–Crippen LogP) is 6.11. The minimum absolute atomic E-state index is 0.133. The maximum Gasteiger partial charge on any atom is 0.320 e. The number of anilines is 7. The zero-order valence-corrected chi connectivity index (χ0v) is 41.0. The van der Waals surface area contributed by atoms with Gasteiger partial charge in [-0.25, -0.2) is 0 Å². The van der Waals surface area contributed by atoms with Gasteiger partial charge in [0.25, 0.3) is 50.6 Å². The Hall–Kier alpha value is -7.49. The van der Waals surface area contributed by atoms with Gasteiger partial charge in [-0.05, 0) is 108 Å². The number of benzene rings is 5. The fraction of sp³-hybridized carbons (Fsp3) is 0.0286. The van der Waals surface area contributed by atoms with Crippen LogP contribution in [0.4, 0.5) is 63.3 Å². The second kappa shape index (κ2) is 19.5. The van der Waals surface area contributed by atoms with Gasteiger partial charge < -0.3 is 31.9 Å². The summed E-state index contributed by atoms with van der Waals surface area (Å²) < 4.78 is 174. The number of rotatable bonds is 15. The first-order valence-corrected chi connectivity index (χ1v) is 26.8. The van der Waals surface area contributed by atoms with E-state index in [1.165, 1.54) is 13.0 Å². The molecule has 0 fully saturated rings. The van der Waals surface area contributed by atoms with Crippen molar-refractivity contribution in [1.82, 2.24) is 29.9 Å². The minimum atomic E-state index is -5.54. The molecule has 7 rings (SSSR count). The van der Waals surface area contributed by atoms with Crippen molar-refractivity contribution in [2.24, 2.45) is 20.5 Å². The Labute approximate surface area is 418 Å². The number of aromatic nitrogens is 6. The number of halogens is 2. The molecule has 12 N–H and O–H groups in total. The third-order valence-electron chi connectivity index (χ3n) is 9.32. The van der Waals surface area contributed by atoms with Crippen molar-refractivity contribution < 1.29 is 75.1 Å². The molecule has 0 spiro atoms. The smallest absolute Gasteiger partial charge is 0.320 e. The summed E-state index contributed by atoms with van der Waals surface area (Å²) in [4.78, 5) is 17.7. The van der Waals surface area contributed by atoms with Crippen molar-refractivity contribution in [3.8, 4) is 11.8 Å². The topological polar surface area (TPSA) is 501 Å². The normalized spacial score (nSPS) is 12.7.